The van der Waals surface area contributed by atoms with Crippen molar-refractivity contribution in [1.29, 1.82) is 0 Å². The van der Waals surface area contributed by atoms with Crippen molar-refractivity contribution in [2.75, 3.05) is 0 Å². The van der Waals surface area contributed by atoms with Crippen LogP contribution in [0.25, 0.3) is 10.4 Å². The molecule has 0 radical (unpaired) electrons. The van der Waals surface area contributed by atoms with Crippen LogP contribution in [0.3, 0.4) is 0 Å². The number of halogens is 1. The minimum absolute atomic E-state index is 0.116. The van der Waals surface area contributed by atoms with E-state index in [1.54, 1.807) is 12.1 Å². The number of carbonyl (C=O) groups is 1. The average Bonchev–Trinajstić information content (AvgIpc) is 2.66. The molecular weight excluding hydrogens is 215 g/mol. The van der Waals surface area contributed by atoms with Gasteiger partial charge in [0.1, 0.15) is 11.6 Å². The molecule has 1 aromatic heterocycles. The first-order valence-corrected chi connectivity index (χ1v) is 5.06. The van der Waals surface area contributed by atoms with Gasteiger partial charge in [0.25, 0.3) is 0 Å². The smallest absolute Gasteiger partial charge is 0.160 e. The highest BCUT2D eigenvalue weighted by atomic mass is 32.1. The number of phenolic OH excluding ortho intramolecular Hbond substituents is 1. The monoisotopic (exact) mass is 222 g/mol. The third-order valence-electron chi connectivity index (χ3n) is 1.97. The van der Waals surface area contributed by atoms with Gasteiger partial charge in [-0.15, -0.1) is 11.3 Å². The van der Waals surface area contributed by atoms with E-state index in [0.29, 0.717) is 10.4 Å². The second-order valence-electron chi connectivity index (χ2n) is 2.98. The molecule has 0 amide bonds. The Balaban J connectivity index is 2.49. The molecule has 2 nitrogen and oxygen atoms in total. The van der Waals surface area contributed by atoms with E-state index in [1.165, 1.54) is 23.5 Å². The lowest BCUT2D eigenvalue weighted by Gasteiger charge is -2.00. The number of hydrogen-bond donors (Lipinski definition) is 1. The molecule has 0 spiro atoms. The SMILES string of the molecule is O=Cc1ccc(-c2ccc(F)cc2O)s1. The number of aldehydes is 1. The highest BCUT2D eigenvalue weighted by Gasteiger charge is 2.07. The molecule has 0 aliphatic rings. The van der Waals surface area contributed by atoms with Crippen molar-refractivity contribution in [3.63, 3.8) is 0 Å². The second kappa shape index (κ2) is 3.82. The summed E-state index contributed by atoms with van der Waals surface area (Å²) in [6.45, 7) is 0. The maximum atomic E-state index is 12.7. The molecule has 2 rings (SSSR count). The Labute approximate surface area is 89.6 Å². The summed E-state index contributed by atoms with van der Waals surface area (Å²) in [5.41, 5.74) is 0.537. The summed E-state index contributed by atoms with van der Waals surface area (Å²) in [4.78, 5) is 11.8. The van der Waals surface area contributed by atoms with E-state index in [0.717, 1.165) is 17.2 Å². The highest BCUT2D eigenvalue weighted by molar-refractivity contribution is 7.17. The maximum absolute atomic E-state index is 12.7. The summed E-state index contributed by atoms with van der Waals surface area (Å²) in [6.07, 6.45) is 0.745. The number of hydrogen-bond acceptors (Lipinski definition) is 3. The number of rotatable bonds is 2. The highest BCUT2D eigenvalue weighted by Crippen LogP contribution is 2.34. The largest absolute Gasteiger partial charge is 0.507 e. The Hall–Kier alpha value is -1.68. The molecule has 0 aliphatic carbocycles. The number of benzene rings is 1. The standard InChI is InChI=1S/C11H7FO2S/c12-7-1-3-9(10(14)5-7)11-4-2-8(6-13)15-11/h1-6,14H. The molecule has 1 heterocycles. The van der Waals surface area contributed by atoms with Crippen LogP contribution in [0.4, 0.5) is 4.39 Å². The van der Waals surface area contributed by atoms with Gasteiger partial charge >= 0.3 is 0 Å². The fraction of sp³-hybridized carbons (Fsp3) is 0. The first kappa shape index (κ1) is 9.86. The third-order valence-corrected chi connectivity index (χ3v) is 3.01. The third kappa shape index (κ3) is 1.89. The number of phenols is 1. The van der Waals surface area contributed by atoms with Crippen LogP contribution >= 0.6 is 11.3 Å². The average molecular weight is 222 g/mol. The molecule has 0 saturated heterocycles. The zero-order valence-electron chi connectivity index (χ0n) is 7.61. The van der Waals surface area contributed by atoms with Gasteiger partial charge in [-0.2, -0.15) is 0 Å². The van der Waals surface area contributed by atoms with Crippen LogP contribution < -0.4 is 0 Å². The van der Waals surface area contributed by atoms with Gasteiger partial charge in [0.2, 0.25) is 0 Å². The molecule has 0 unspecified atom stereocenters. The quantitative estimate of drug-likeness (QED) is 0.793. The molecule has 0 fully saturated rings. The normalized spacial score (nSPS) is 10.2. The van der Waals surface area contributed by atoms with Gasteiger partial charge in [0.05, 0.1) is 4.88 Å². The zero-order chi connectivity index (χ0) is 10.8. The number of aromatic hydroxyl groups is 1. The minimum Gasteiger partial charge on any atom is -0.507 e. The number of carbonyl (C=O) groups excluding carboxylic acids is 1. The van der Waals surface area contributed by atoms with Crippen molar-refractivity contribution in [1.82, 2.24) is 0 Å². The van der Waals surface area contributed by atoms with E-state index in [-0.39, 0.29) is 5.75 Å². The maximum Gasteiger partial charge on any atom is 0.160 e. The van der Waals surface area contributed by atoms with E-state index < -0.39 is 5.82 Å². The molecule has 2 aromatic rings. The van der Waals surface area contributed by atoms with Gasteiger partial charge in [0.15, 0.2) is 6.29 Å². The summed E-state index contributed by atoms with van der Waals surface area (Å²) in [6, 6.07) is 7.20. The fourth-order valence-corrected chi connectivity index (χ4v) is 2.13. The predicted octanol–water partition coefficient (Wildman–Crippen LogP) is 3.07. The van der Waals surface area contributed by atoms with Crippen molar-refractivity contribution in [3.8, 4) is 16.2 Å². The van der Waals surface area contributed by atoms with E-state index in [4.69, 9.17) is 0 Å². The van der Waals surface area contributed by atoms with Crippen LogP contribution in [0, 0.1) is 5.82 Å². The molecule has 0 bridgehead atoms. The molecule has 0 atom stereocenters. The van der Waals surface area contributed by atoms with Crippen LogP contribution in [-0.2, 0) is 0 Å². The van der Waals surface area contributed by atoms with Gasteiger partial charge in [-0.1, -0.05) is 0 Å². The second-order valence-corrected chi connectivity index (χ2v) is 4.10. The lowest BCUT2D eigenvalue weighted by atomic mass is 10.1. The minimum atomic E-state index is -0.483. The van der Waals surface area contributed by atoms with E-state index >= 15 is 0 Å². The lowest BCUT2D eigenvalue weighted by Crippen LogP contribution is -1.77. The van der Waals surface area contributed by atoms with E-state index in [1.807, 2.05) is 0 Å². The van der Waals surface area contributed by atoms with Crippen molar-refractivity contribution in [2.45, 2.75) is 0 Å². The van der Waals surface area contributed by atoms with Crippen LogP contribution in [0.5, 0.6) is 5.75 Å². The lowest BCUT2D eigenvalue weighted by molar-refractivity contribution is 0.112. The van der Waals surface area contributed by atoms with Crippen LogP contribution in [0.15, 0.2) is 30.3 Å². The molecule has 0 aliphatic heterocycles. The summed E-state index contributed by atoms with van der Waals surface area (Å²) in [5.74, 6) is -0.599. The van der Waals surface area contributed by atoms with Crippen LogP contribution in [0.1, 0.15) is 9.67 Å². The van der Waals surface area contributed by atoms with Gasteiger partial charge in [-0.05, 0) is 24.3 Å². The fourth-order valence-electron chi connectivity index (χ4n) is 1.27. The van der Waals surface area contributed by atoms with Crippen molar-refractivity contribution >= 4 is 17.6 Å². The molecule has 1 N–H and O–H groups in total. The molecule has 4 heteroatoms. The number of thiophene rings is 1. The summed E-state index contributed by atoms with van der Waals surface area (Å²) in [7, 11) is 0. The Morgan fingerprint density at radius 2 is 2.07 bits per heavy atom. The summed E-state index contributed by atoms with van der Waals surface area (Å²) < 4.78 is 12.7. The molecular formula is C11H7FO2S. The van der Waals surface area contributed by atoms with Gasteiger partial charge < -0.3 is 5.11 Å². The van der Waals surface area contributed by atoms with Crippen LogP contribution in [0.2, 0.25) is 0 Å². The Bertz CT molecular complexity index is 505. The molecule has 1 aromatic carbocycles. The Morgan fingerprint density at radius 3 is 2.67 bits per heavy atom. The first-order valence-electron chi connectivity index (χ1n) is 4.24. The zero-order valence-corrected chi connectivity index (χ0v) is 8.42. The van der Waals surface area contributed by atoms with Gasteiger partial charge in [-0.25, -0.2) is 4.39 Å². The molecule has 15 heavy (non-hydrogen) atoms. The first-order chi connectivity index (χ1) is 7.20. The molecule has 76 valence electrons. The van der Waals surface area contributed by atoms with E-state index in [9.17, 15) is 14.3 Å². The van der Waals surface area contributed by atoms with E-state index in [2.05, 4.69) is 0 Å². The van der Waals surface area contributed by atoms with Gasteiger partial charge in [-0.3, -0.25) is 4.79 Å². The predicted molar refractivity (Wildman–Crippen MR) is 56.8 cm³/mol. The Kier molecular flexibility index (Phi) is 2.51. The van der Waals surface area contributed by atoms with Crippen molar-refractivity contribution < 1.29 is 14.3 Å². The van der Waals surface area contributed by atoms with Crippen LogP contribution in [-0.4, -0.2) is 11.4 Å². The topological polar surface area (TPSA) is 37.3 Å². The molecule has 0 saturated carbocycles. The summed E-state index contributed by atoms with van der Waals surface area (Å²) in [5, 5.41) is 9.51. The van der Waals surface area contributed by atoms with Crippen molar-refractivity contribution in [2.24, 2.45) is 0 Å². The summed E-state index contributed by atoms with van der Waals surface area (Å²) >= 11 is 1.26. The Morgan fingerprint density at radius 1 is 1.27 bits per heavy atom. The van der Waals surface area contributed by atoms with Crippen molar-refractivity contribution in [3.05, 3.63) is 41.0 Å². The van der Waals surface area contributed by atoms with Gasteiger partial charge in [0, 0.05) is 16.5 Å².